The Morgan fingerprint density at radius 3 is 2.38 bits per heavy atom. The summed E-state index contributed by atoms with van der Waals surface area (Å²) in [5.74, 6) is -1.71. The molecule has 1 aliphatic rings. The number of carbonyl (C=O) groups excluding carboxylic acids is 2. The highest BCUT2D eigenvalue weighted by Gasteiger charge is 2.32. The smallest absolute Gasteiger partial charge is 0.416 e. The Balaban J connectivity index is 1.64. The number of halogens is 3. The first kappa shape index (κ1) is 23.8. The molecule has 1 aliphatic heterocycles. The minimum Gasteiger partial charge on any atom is -0.488 e. The molecule has 9 heteroatoms. The summed E-state index contributed by atoms with van der Waals surface area (Å²) >= 11 is 0. The number of hydrogen-bond acceptors (Lipinski definition) is 3. The summed E-state index contributed by atoms with van der Waals surface area (Å²) in [6.07, 6.45) is -3.55. The highest BCUT2D eigenvalue weighted by Crippen LogP contribution is 2.32. The number of nitrogens with zero attached hydrogens (tertiary/aromatic N) is 1. The molecule has 0 aromatic heterocycles. The topological polar surface area (TPSA) is 72.6 Å². The van der Waals surface area contributed by atoms with Crippen LogP contribution in [0.1, 0.15) is 22.6 Å². The van der Waals surface area contributed by atoms with Crippen molar-refractivity contribution >= 4 is 31.4 Å². The number of anilines is 1. The summed E-state index contributed by atoms with van der Waals surface area (Å²) in [5.41, 5.74) is 6.58. The maximum Gasteiger partial charge on any atom is 0.416 e. The summed E-state index contributed by atoms with van der Waals surface area (Å²) in [6.45, 7) is 0.156. The average molecular weight is 486 g/mol. The Morgan fingerprint density at radius 2 is 1.74 bits per heavy atom. The van der Waals surface area contributed by atoms with Crippen LogP contribution in [0.2, 0.25) is 0 Å². The van der Waals surface area contributed by atoms with E-state index in [0.717, 1.165) is 23.2 Å². The molecule has 2 N–H and O–H groups in total. The molecule has 0 saturated carbocycles. The van der Waals surface area contributed by atoms with Crippen molar-refractivity contribution < 1.29 is 27.5 Å². The van der Waals surface area contributed by atoms with Gasteiger partial charge in [0.05, 0.1) is 5.56 Å². The van der Waals surface area contributed by atoms with Gasteiger partial charge in [-0.2, -0.15) is 13.2 Å². The molecule has 0 bridgehead atoms. The molecular formula is C25H22F3N2O3P. The van der Waals surface area contributed by atoms with Gasteiger partial charge >= 0.3 is 6.18 Å². The molecule has 5 nitrogen and oxygen atoms in total. The molecule has 0 fully saturated rings. The number of primary amides is 1. The minimum absolute atomic E-state index is 0.156. The molecule has 34 heavy (non-hydrogen) atoms. The molecule has 2 unspecified atom stereocenters. The summed E-state index contributed by atoms with van der Waals surface area (Å²) < 4.78 is 44.2. The van der Waals surface area contributed by atoms with Crippen LogP contribution in [0.15, 0.2) is 72.8 Å². The van der Waals surface area contributed by atoms with Crippen molar-refractivity contribution in [3.63, 3.8) is 0 Å². The van der Waals surface area contributed by atoms with Crippen molar-refractivity contribution in [3.8, 4) is 5.75 Å². The first-order chi connectivity index (χ1) is 16.2. The van der Waals surface area contributed by atoms with E-state index in [2.05, 4.69) is 0 Å². The van der Waals surface area contributed by atoms with E-state index in [-0.39, 0.29) is 6.54 Å². The lowest BCUT2D eigenvalue weighted by atomic mass is 9.96. The molecule has 0 saturated heterocycles. The maximum absolute atomic E-state index is 13.6. The lowest BCUT2D eigenvalue weighted by Crippen LogP contribution is -2.42. The normalized spacial score (nSPS) is 14.3. The number of fused-ring (bicyclic) bond motifs is 1. The molecule has 1 heterocycles. The highest BCUT2D eigenvalue weighted by atomic mass is 31.1. The number of benzene rings is 3. The van der Waals surface area contributed by atoms with Gasteiger partial charge in [0.15, 0.2) is 0 Å². The Bertz CT molecular complexity index is 1180. The van der Waals surface area contributed by atoms with Crippen molar-refractivity contribution in [3.05, 3.63) is 89.5 Å². The third kappa shape index (κ3) is 5.23. The fraction of sp³-hybridized carbons (Fsp3) is 0.200. The number of carbonyl (C=O) groups is 2. The predicted octanol–water partition coefficient (Wildman–Crippen LogP) is 4.20. The fourth-order valence-electron chi connectivity index (χ4n) is 3.84. The van der Waals surface area contributed by atoms with Gasteiger partial charge in [0.2, 0.25) is 11.8 Å². The van der Waals surface area contributed by atoms with Gasteiger partial charge in [-0.25, -0.2) is 0 Å². The van der Waals surface area contributed by atoms with Crippen LogP contribution in [0.25, 0.3) is 0 Å². The van der Waals surface area contributed by atoms with Crippen molar-refractivity contribution in [1.29, 1.82) is 0 Å². The van der Waals surface area contributed by atoms with Gasteiger partial charge in [-0.1, -0.05) is 42.5 Å². The number of amides is 2. The Hall–Kier alpha value is -3.38. The van der Waals surface area contributed by atoms with E-state index < -0.39 is 29.5 Å². The van der Waals surface area contributed by atoms with Crippen LogP contribution in [0, 0.1) is 0 Å². The van der Waals surface area contributed by atoms with Crippen LogP contribution in [0.5, 0.6) is 5.75 Å². The van der Waals surface area contributed by atoms with E-state index in [1.807, 2.05) is 6.07 Å². The van der Waals surface area contributed by atoms with E-state index in [1.165, 1.54) is 17.0 Å². The van der Waals surface area contributed by atoms with Gasteiger partial charge in [0.1, 0.15) is 18.0 Å². The molecule has 2 atom stereocenters. The molecule has 0 spiro atoms. The lowest BCUT2D eigenvalue weighted by molar-refractivity contribution is -0.137. The standard InChI is InChI=1S/C25H22F3N2O3P/c26-25(27,28)18-8-6-16(7-9-18)12-13-30(19-10-11-20-21(14-19)34-15-33-20)24(32)22(23(29)31)17-4-2-1-3-5-17/h1-11,14,22,34H,12-13,15H2,(H2,29,31). The third-order valence-corrected chi connectivity index (χ3v) is 6.66. The second kappa shape index (κ2) is 9.85. The van der Waals surface area contributed by atoms with Gasteiger partial charge in [-0.05, 0) is 56.5 Å². The van der Waals surface area contributed by atoms with E-state index in [4.69, 9.17) is 10.5 Å². The van der Waals surface area contributed by atoms with Crippen LogP contribution >= 0.6 is 8.58 Å². The zero-order valence-corrected chi connectivity index (χ0v) is 19.0. The Kier molecular flexibility index (Phi) is 6.89. The van der Waals surface area contributed by atoms with Gasteiger partial charge in [-0.15, -0.1) is 0 Å². The van der Waals surface area contributed by atoms with Crippen molar-refractivity contribution in [2.75, 3.05) is 17.8 Å². The van der Waals surface area contributed by atoms with Gasteiger partial charge in [0, 0.05) is 17.5 Å². The summed E-state index contributed by atoms with van der Waals surface area (Å²) in [7, 11) is 0.435. The first-order valence-electron chi connectivity index (χ1n) is 10.6. The quantitative estimate of drug-likeness (QED) is 0.402. The number of alkyl halides is 3. The van der Waals surface area contributed by atoms with Crippen LogP contribution in [-0.4, -0.2) is 24.7 Å². The molecule has 176 valence electrons. The largest absolute Gasteiger partial charge is 0.488 e. The maximum atomic E-state index is 13.6. The van der Waals surface area contributed by atoms with Crippen molar-refractivity contribution in [2.24, 2.45) is 5.73 Å². The van der Waals surface area contributed by atoms with Crippen molar-refractivity contribution in [1.82, 2.24) is 0 Å². The zero-order valence-electron chi connectivity index (χ0n) is 18.0. The van der Waals surface area contributed by atoms with E-state index in [1.54, 1.807) is 42.5 Å². The first-order valence-corrected chi connectivity index (χ1v) is 11.8. The van der Waals surface area contributed by atoms with Gasteiger partial charge in [0.25, 0.3) is 0 Å². The van der Waals surface area contributed by atoms with Gasteiger partial charge < -0.3 is 15.4 Å². The van der Waals surface area contributed by atoms with Gasteiger partial charge in [-0.3, -0.25) is 9.59 Å². The van der Waals surface area contributed by atoms with Crippen LogP contribution in [0.4, 0.5) is 18.9 Å². The van der Waals surface area contributed by atoms with E-state index in [0.29, 0.717) is 38.2 Å². The molecule has 0 aliphatic carbocycles. The summed E-state index contributed by atoms with van der Waals surface area (Å²) in [4.78, 5) is 27.4. The SMILES string of the molecule is NC(=O)C(C(=O)N(CCc1ccc(C(F)(F)F)cc1)c1ccc2c(c1)PCO2)c1ccccc1. The monoisotopic (exact) mass is 486 g/mol. The second-order valence-electron chi connectivity index (χ2n) is 7.83. The van der Waals surface area contributed by atoms with E-state index in [9.17, 15) is 22.8 Å². The number of nitrogens with two attached hydrogens (primary N) is 1. The van der Waals surface area contributed by atoms with Crippen molar-refractivity contribution in [2.45, 2.75) is 18.5 Å². The predicted molar refractivity (Wildman–Crippen MR) is 126 cm³/mol. The molecule has 2 amide bonds. The average Bonchev–Trinajstić information content (AvgIpc) is 3.28. The second-order valence-corrected chi connectivity index (χ2v) is 9.01. The molecular weight excluding hydrogens is 464 g/mol. The fourth-order valence-corrected chi connectivity index (χ4v) is 4.80. The summed E-state index contributed by atoms with van der Waals surface area (Å²) in [5, 5.41) is 0.972. The Morgan fingerprint density at radius 1 is 1.03 bits per heavy atom. The number of rotatable bonds is 7. The number of ether oxygens (including phenoxy) is 1. The lowest BCUT2D eigenvalue weighted by Gasteiger charge is -2.27. The molecule has 3 aromatic rings. The van der Waals surface area contributed by atoms with Crippen LogP contribution < -0.4 is 20.7 Å². The highest BCUT2D eigenvalue weighted by molar-refractivity contribution is 7.47. The van der Waals surface area contributed by atoms with Crippen LogP contribution in [-0.2, 0) is 22.2 Å². The minimum atomic E-state index is -4.42. The molecule has 4 rings (SSSR count). The van der Waals surface area contributed by atoms with Crippen LogP contribution in [0.3, 0.4) is 0 Å². The van der Waals surface area contributed by atoms with E-state index >= 15 is 0 Å². The molecule has 0 radical (unpaired) electrons. The summed E-state index contributed by atoms with van der Waals surface area (Å²) in [6, 6.07) is 18.8. The molecule has 3 aromatic carbocycles. The Labute approximate surface area is 196 Å². The number of hydrogen-bond donors (Lipinski definition) is 1. The zero-order chi connectivity index (χ0) is 24.3. The third-order valence-electron chi connectivity index (χ3n) is 5.60.